The number of alkyl halides is 3. The van der Waals surface area contributed by atoms with Crippen LogP contribution in [0.25, 0.3) is 5.82 Å². The van der Waals surface area contributed by atoms with E-state index < -0.39 is 17.7 Å². The summed E-state index contributed by atoms with van der Waals surface area (Å²) in [5, 5.41) is 17.5. The summed E-state index contributed by atoms with van der Waals surface area (Å²) in [5.41, 5.74) is 0.774. The third-order valence-electron chi connectivity index (χ3n) is 4.79. The SMILES string of the molecule is CCCc1cn(CC(=O)O)nc1OCCCc1cn(-c2ccc(C(F)(F)F)cn2)nc1OCC. The fourth-order valence-corrected chi connectivity index (χ4v) is 3.29. The summed E-state index contributed by atoms with van der Waals surface area (Å²) < 4.78 is 52.5. The first-order valence-corrected chi connectivity index (χ1v) is 10.9. The fraction of sp³-hybridized carbons (Fsp3) is 0.455. The van der Waals surface area contributed by atoms with Crippen LogP contribution in [0, 0.1) is 0 Å². The van der Waals surface area contributed by atoms with Gasteiger partial charge in [-0.3, -0.25) is 9.48 Å². The summed E-state index contributed by atoms with van der Waals surface area (Å²) in [6.45, 7) is 4.29. The Labute approximate surface area is 194 Å². The molecule has 0 aliphatic heterocycles. The second-order valence-corrected chi connectivity index (χ2v) is 7.49. The summed E-state index contributed by atoms with van der Waals surface area (Å²) >= 11 is 0. The van der Waals surface area contributed by atoms with Crippen molar-refractivity contribution in [3.8, 4) is 17.6 Å². The lowest BCUT2D eigenvalue weighted by molar-refractivity contribution is -0.138. The number of ether oxygens (including phenoxy) is 2. The minimum Gasteiger partial charge on any atom is -0.480 e. The number of carbonyl (C=O) groups is 1. The van der Waals surface area contributed by atoms with Gasteiger partial charge in [0.15, 0.2) is 5.82 Å². The lowest BCUT2D eigenvalue weighted by Gasteiger charge is -2.06. The van der Waals surface area contributed by atoms with Gasteiger partial charge in [0.2, 0.25) is 11.8 Å². The van der Waals surface area contributed by atoms with Gasteiger partial charge in [-0.05, 0) is 38.3 Å². The number of hydrogen-bond donors (Lipinski definition) is 1. The van der Waals surface area contributed by atoms with E-state index in [0.717, 1.165) is 36.2 Å². The van der Waals surface area contributed by atoms with Crippen LogP contribution in [0.4, 0.5) is 13.2 Å². The molecule has 0 amide bonds. The molecule has 12 heteroatoms. The molecule has 34 heavy (non-hydrogen) atoms. The third kappa shape index (κ3) is 6.49. The third-order valence-corrected chi connectivity index (χ3v) is 4.79. The monoisotopic (exact) mass is 481 g/mol. The first-order valence-electron chi connectivity index (χ1n) is 10.9. The van der Waals surface area contributed by atoms with Crippen LogP contribution < -0.4 is 9.47 Å². The molecule has 0 radical (unpaired) electrons. The number of halogens is 3. The topological polar surface area (TPSA) is 104 Å². The summed E-state index contributed by atoms with van der Waals surface area (Å²) in [4.78, 5) is 14.8. The van der Waals surface area contributed by atoms with Gasteiger partial charge in [-0.2, -0.15) is 13.2 Å². The number of carboxylic acid groups (broad SMARTS) is 1. The number of hydrogen-bond acceptors (Lipinski definition) is 6. The Balaban J connectivity index is 1.65. The average Bonchev–Trinajstić information content (AvgIpc) is 3.34. The molecule has 0 bridgehead atoms. The van der Waals surface area contributed by atoms with Crippen LogP contribution in [0.15, 0.2) is 30.7 Å². The lowest BCUT2D eigenvalue weighted by Crippen LogP contribution is -2.09. The average molecular weight is 481 g/mol. The fourth-order valence-electron chi connectivity index (χ4n) is 3.29. The first-order chi connectivity index (χ1) is 16.2. The van der Waals surface area contributed by atoms with E-state index in [-0.39, 0.29) is 12.4 Å². The van der Waals surface area contributed by atoms with E-state index in [1.807, 2.05) is 13.8 Å². The molecule has 3 heterocycles. The van der Waals surface area contributed by atoms with Crippen molar-refractivity contribution in [1.82, 2.24) is 24.5 Å². The van der Waals surface area contributed by atoms with Crippen LogP contribution in [0.1, 0.15) is 43.4 Å². The standard InChI is InChI=1S/C22H26F3N5O4/c1-3-6-15-12-29(14-19(31)32)27-20(15)34-10-5-7-16-13-30(28-21(16)33-4-2)18-9-8-17(11-26-18)22(23,24)25/h8-9,11-13H,3-7,10,14H2,1-2H3,(H,31,32). The van der Waals surface area contributed by atoms with Gasteiger partial charge < -0.3 is 14.6 Å². The van der Waals surface area contributed by atoms with Gasteiger partial charge in [0, 0.05) is 29.7 Å². The summed E-state index contributed by atoms with van der Waals surface area (Å²) in [5.74, 6) is 0.0455. The van der Waals surface area contributed by atoms with Gasteiger partial charge in [-0.1, -0.05) is 13.3 Å². The van der Waals surface area contributed by atoms with Crippen molar-refractivity contribution >= 4 is 5.97 Å². The Morgan fingerprint density at radius 2 is 1.79 bits per heavy atom. The molecule has 0 aliphatic carbocycles. The maximum absolute atomic E-state index is 12.8. The number of carboxylic acids is 1. The molecule has 9 nitrogen and oxygen atoms in total. The number of nitrogens with zero attached hydrogens (tertiary/aromatic N) is 5. The Bertz CT molecular complexity index is 1090. The van der Waals surface area contributed by atoms with E-state index in [1.165, 1.54) is 15.4 Å². The molecule has 184 valence electrons. The molecule has 0 aromatic carbocycles. The number of rotatable bonds is 12. The van der Waals surface area contributed by atoms with E-state index in [9.17, 15) is 18.0 Å². The van der Waals surface area contributed by atoms with Crippen LogP contribution in [-0.2, 0) is 30.4 Å². The van der Waals surface area contributed by atoms with Gasteiger partial charge in [0.25, 0.3) is 0 Å². The molecule has 3 aromatic rings. The highest BCUT2D eigenvalue weighted by Gasteiger charge is 2.30. The smallest absolute Gasteiger partial charge is 0.417 e. The first kappa shape index (κ1) is 25.1. The van der Waals surface area contributed by atoms with Gasteiger partial charge in [-0.25, -0.2) is 9.67 Å². The molecule has 1 N–H and O–H groups in total. The molecule has 0 aliphatic rings. The van der Waals surface area contributed by atoms with Crippen molar-refractivity contribution in [2.45, 2.75) is 52.3 Å². The van der Waals surface area contributed by atoms with Crippen molar-refractivity contribution in [3.63, 3.8) is 0 Å². The largest absolute Gasteiger partial charge is 0.480 e. The van der Waals surface area contributed by atoms with E-state index in [1.54, 1.807) is 12.4 Å². The van der Waals surface area contributed by atoms with Crippen molar-refractivity contribution in [2.24, 2.45) is 0 Å². The normalized spacial score (nSPS) is 11.6. The highest BCUT2D eigenvalue weighted by molar-refractivity contribution is 5.66. The molecular formula is C22H26F3N5O4. The van der Waals surface area contributed by atoms with Crippen LogP contribution >= 0.6 is 0 Å². The maximum Gasteiger partial charge on any atom is 0.417 e. The number of pyridine rings is 1. The molecule has 0 spiro atoms. The lowest BCUT2D eigenvalue weighted by atomic mass is 10.2. The number of aromatic nitrogens is 5. The molecule has 0 unspecified atom stereocenters. The second-order valence-electron chi connectivity index (χ2n) is 7.49. The van der Waals surface area contributed by atoms with E-state index in [4.69, 9.17) is 14.6 Å². The molecule has 0 saturated carbocycles. The molecule has 0 saturated heterocycles. The number of aryl methyl sites for hydroxylation is 2. The minimum absolute atomic E-state index is 0.240. The van der Waals surface area contributed by atoms with Crippen molar-refractivity contribution in [3.05, 3.63) is 47.4 Å². The van der Waals surface area contributed by atoms with Gasteiger partial charge in [0.05, 0.1) is 18.8 Å². The van der Waals surface area contributed by atoms with Crippen LogP contribution in [0.3, 0.4) is 0 Å². The highest BCUT2D eigenvalue weighted by atomic mass is 19.4. The molecular weight excluding hydrogens is 455 g/mol. The van der Waals surface area contributed by atoms with E-state index in [2.05, 4.69) is 15.2 Å². The second kappa shape index (κ2) is 11.0. The highest BCUT2D eigenvalue weighted by Crippen LogP contribution is 2.29. The van der Waals surface area contributed by atoms with E-state index >= 15 is 0 Å². The molecule has 3 aromatic heterocycles. The van der Waals surface area contributed by atoms with Crippen molar-refractivity contribution < 1.29 is 32.5 Å². The zero-order valence-electron chi connectivity index (χ0n) is 18.9. The van der Waals surface area contributed by atoms with E-state index in [0.29, 0.717) is 37.8 Å². The van der Waals surface area contributed by atoms with Gasteiger partial charge in [0.1, 0.15) is 6.54 Å². The summed E-state index contributed by atoms with van der Waals surface area (Å²) in [6, 6.07) is 2.20. The van der Waals surface area contributed by atoms with Crippen LogP contribution in [-0.4, -0.2) is 48.8 Å². The Morgan fingerprint density at radius 3 is 2.41 bits per heavy atom. The van der Waals surface area contributed by atoms with Crippen molar-refractivity contribution in [1.29, 1.82) is 0 Å². The van der Waals surface area contributed by atoms with Crippen LogP contribution in [0.5, 0.6) is 11.8 Å². The zero-order valence-corrected chi connectivity index (χ0v) is 18.9. The Morgan fingerprint density at radius 1 is 1.06 bits per heavy atom. The quantitative estimate of drug-likeness (QED) is 0.391. The molecule has 0 fully saturated rings. The zero-order chi connectivity index (χ0) is 24.7. The predicted octanol–water partition coefficient (Wildman–Crippen LogP) is 3.93. The number of aliphatic carboxylic acids is 1. The Kier molecular flexibility index (Phi) is 8.13. The molecule has 3 rings (SSSR count). The van der Waals surface area contributed by atoms with Crippen LogP contribution in [0.2, 0.25) is 0 Å². The summed E-state index contributed by atoms with van der Waals surface area (Å²) in [6.07, 6.45) is 2.37. The van der Waals surface area contributed by atoms with Gasteiger partial charge >= 0.3 is 12.1 Å². The molecule has 0 atom stereocenters. The maximum atomic E-state index is 12.8. The summed E-state index contributed by atoms with van der Waals surface area (Å²) in [7, 11) is 0. The Hall–Kier alpha value is -3.57. The predicted molar refractivity (Wildman–Crippen MR) is 115 cm³/mol. The van der Waals surface area contributed by atoms with Gasteiger partial charge in [-0.15, -0.1) is 10.2 Å². The van der Waals surface area contributed by atoms with Crippen molar-refractivity contribution in [2.75, 3.05) is 13.2 Å². The minimum atomic E-state index is -4.46.